The van der Waals surface area contributed by atoms with Crippen LogP contribution in [0.15, 0.2) is 71.3 Å². The number of likely N-dealkylation sites (tertiary alicyclic amines) is 1. The zero-order valence-electron chi connectivity index (χ0n) is 21.2. The van der Waals surface area contributed by atoms with Crippen LogP contribution in [0.1, 0.15) is 34.5 Å². The highest BCUT2D eigenvalue weighted by atomic mass is 16.5. The molecule has 1 aliphatic rings. The molecule has 1 aromatic heterocycles. The maximum atomic E-state index is 13.3. The highest BCUT2D eigenvalue weighted by Crippen LogP contribution is 2.29. The van der Waals surface area contributed by atoms with Crippen molar-refractivity contribution < 1.29 is 23.5 Å². The van der Waals surface area contributed by atoms with E-state index >= 15 is 0 Å². The number of ether oxygens (including phenoxy) is 2. The van der Waals surface area contributed by atoms with Crippen molar-refractivity contribution in [3.8, 4) is 11.5 Å². The number of amides is 2. The van der Waals surface area contributed by atoms with Gasteiger partial charge in [0.15, 0.2) is 18.1 Å². The molecule has 0 N–H and O–H groups in total. The van der Waals surface area contributed by atoms with Gasteiger partial charge in [0, 0.05) is 26.2 Å². The highest BCUT2D eigenvalue weighted by Gasteiger charge is 2.33. The first-order chi connectivity index (χ1) is 17.5. The van der Waals surface area contributed by atoms with Crippen molar-refractivity contribution in [2.75, 3.05) is 33.9 Å². The van der Waals surface area contributed by atoms with Crippen LogP contribution < -0.4 is 9.47 Å². The molecule has 36 heavy (non-hydrogen) atoms. The number of carbonyl (C=O) groups is 2. The average molecular weight is 491 g/mol. The Bertz CT molecular complexity index is 1150. The van der Waals surface area contributed by atoms with Crippen LogP contribution in [0.4, 0.5) is 0 Å². The molecule has 7 nitrogen and oxygen atoms in total. The minimum Gasteiger partial charge on any atom is -0.493 e. The quantitative estimate of drug-likeness (QED) is 0.439. The molecule has 2 heterocycles. The van der Waals surface area contributed by atoms with Gasteiger partial charge in [0.25, 0.3) is 11.8 Å². The molecule has 4 rings (SSSR count). The van der Waals surface area contributed by atoms with E-state index in [2.05, 4.69) is 12.1 Å². The van der Waals surface area contributed by atoms with Crippen LogP contribution in [0.5, 0.6) is 11.5 Å². The van der Waals surface area contributed by atoms with Gasteiger partial charge in [0.1, 0.15) is 5.76 Å². The third kappa shape index (κ3) is 5.90. The number of benzene rings is 2. The van der Waals surface area contributed by atoms with Gasteiger partial charge in [-0.25, -0.2) is 0 Å². The Morgan fingerprint density at radius 1 is 1.03 bits per heavy atom. The predicted molar refractivity (Wildman–Crippen MR) is 137 cm³/mol. The molecule has 1 unspecified atom stereocenters. The van der Waals surface area contributed by atoms with Crippen molar-refractivity contribution in [1.29, 1.82) is 0 Å². The van der Waals surface area contributed by atoms with E-state index in [1.54, 1.807) is 31.6 Å². The monoisotopic (exact) mass is 490 g/mol. The minimum atomic E-state index is -0.0441. The fourth-order valence-electron chi connectivity index (χ4n) is 4.93. The standard InChI is InChI=1S/C29H34N2O5/c1-21-24(15-18-35-21)29(33)30(2)25(19-22-9-5-4-6-10-22)23-13-16-31(17-14-23)28(32)20-36-27-12-8-7-11-26(27)34-3/h4-12,15,18,23,25H,13-14,16-17,19-20H2,1-3H3. The maximum absolute atomic E-state index is 13.3. The number of piperidine rings is 1. The van der Waals surface area contributed by atoms with Crippen LogP contribution >= 0.6 is 0 Å². The molecular formula is C29H34N2O5. The SMILES string of the molecule is COc1ccccc1OCC(=O)N1CCC(C(Cc2ccccc2)N(C)C(=O)c2ccoc2C)CC1. The molecule has 2 amide bonds. The van der Waals surface area contributed by atoms with Crippen molar-refractivity contribution in [3.05, 3.63) is 83.8 Å². The topological polar surface area (TPSA) is 72.2 Å². The summed E-state index contributed by atoms with van der Waals surface area (Å²) < 4.78 is 16.4. The lowest BCUT2D eigenvalue weighted by Crippen LogP contribution is -2.49. The Hall–Kier alpha value is -3.74. The van der Waals surface area contributed by atoms with Crippen molar-refractivity contribution in [2.45, 2.75) is 32.2 Å². The van der Waals surface area contributed by atoms with Crippen molar-refractivity contribution in [3.63, 3.8) is 0 Å². The smallest absolute Gasteiger partial charge is 0.260 e. The first-order valence-corrected chi connectivity index (χ1v) is 12.4. The number of carbonyl (C=O) groups excluding carboxylic acids is 2. The van der Waals surface area contributed by atoms with Gasteiger partial charge < -0.3 is 23.7 Å². The van der Waals surface area contributed by atoms with E-state index in [4.69, 9.17) is 13.9 Å². The Balaban J connectivity index is 1.40. The van der Waals surface area contributed by atoms with Crippen LogP contribution in [0.2, 0.25) is 0 Å². The van der Waals surface area contributed by atoms with Crippen LogP contribution in [0.25, 0.3) is 0 Å². The summed E-state index contributed by atoms with van der Waals surface area (Å²) in [5.74, 6) is 1.98. The summed E-state index contributed by atoms with van der Waals surface area (Å²) in [4.78, 5) is 29.9. The molecule has 1 fully saturated rings. The lowest BCUT2D eigenvalue weighted by atomic mass is 9.84. The molecule has 7 heteroatoms. The minimum absolute atomic E-state index is 0.0104. The van der Waals surface area contributed by atoms with Crippen LogP contribution in [0, 0.1) is 12.8 Å². The van der Waals surface area contributed by atoms with E-state index in [1.165, 1.54) is 5.56 Å². The molecule has 190 valence electrons. The number of hydrogen-bond donors (Lipinski definition) is 0. The maximum Gasteiger partial charge on any atom is 0.260 e. The summed E-state index contributed by atoms with van der Waals surface area (Å²) in [6.07, 6.45) is 3.95. The summed E-state index contributed by atoms with van der Waals surface area (Å²) >= 11 is 0. The summed E-state index contributed by atoms with van der Waals surface area (Å²) in [7, 11) is 3.46. The molecular weight excluding hydrogens is 456 g/mol. The third-order valence-corrected chi connectivity index (χ3v) is 7.05. The molecule has 1 atom stereocenters. The van der Waals surface area contributed by atoms with Gasteiger partial charge in [-0.05, 0) is 55.9 Å². The second kappa shape index (κ2) is 11.8. The number of nitrogens with zero attached hydrogens (tertiary/aromatic N) is 2. The van der Waals surface area contributed by atoms with Gasteiger partial charge in [-0.1, -0.05) is 42.5 Å². The summed E-state index contributed by atoms with van der Waals surface area (Å²) in [5, 5.41) is 0. The van der Waals surface area contributed by atoms with Crippen LogP contribution in [0.3, 0.4) is 0 Å². The summed E-state index contributed by atoms with van der Waals surface area (Å²) in [5.41, 5.74) is 1.78. The Morgan fingerprint density at radius 3 is 2.33 bits per heavy atom. The van der Waals surface area contributed by atoms with E-state index in [9.17, 15) is 9.59 Å². The third-order valence-electron chi connectivity index (χ3n) is 7.05. The van der Waals surface area contributed by atoms with E-state index in [-0.39, 0.29) is 30.4 Å². The van der Waals surface area contributed by atoms with Gasteiger partial charge in [-0.15, -0.1) is 0 Å². The highest BCUT2D eigenvalue weighted by molar-refractivity contribution is 5.95. The number of methoxy groups -OCH3 is 1. The molecule has 1 saturated heterocycles. The fourth-order valence-corrected chi connectivity index (χ4v) is 4.93. The largest absolute Gasteiger partial charge is 0.493 e. The first kappa shape index (κ1) is 25.4. The number of hydrogen-bond acceptors (Lipinski definition) is 5. The molecule has 0 radical (unpaired) electrons. The Kier molecular flexibility index (Phi) is 8.31. The van der Waals surface area contributed by atoms with Crippen LogP contribution in [-0.4, -0.2) is 61.5 Å². The number of para-hydroxylation sites is 2. The van der Waals surface area contributed by atoms with Gasteiger partial charge in [0.05, 0.1) is 18.9 Å². The lowest BCUT2D eigenvalue weighted by molar-refractivity contribution is -0.135. The summed E-state index contributed by atoms with van der Waals surface area (Å²) in [6.45, 7) is 3.05. The normalized spacial score (nSPS) is 14.8. The fraction of sp³-hybridized carbons (Fsp3) is 0.379. The molecule has 0 bridgehead atoms. The molecule has 1 aliphatic heterocycles. The van der Waals surface area contributed by atoms with E-state index in [1.807, 2.05) is 54.1 Å². The van der Waals surface area contributed by atoms with Gasteiger partial charge >= 0.3 is 0 Å². The number of rotatable bonds is 9. The number of likely N-dealkylation sites (N-methyl/N-ethyl adjacent to an activating group) is 1. The molecule has 0 aliphatic carbocycles. The lowest BCUT2D eigenvalue weighted by Gasteiger charge is -2.40. The Labute approximate surface area is 212 Å². The van der Waals surface area contributed by atoms with E-state index < -0.39 is 0 Å². The van der Waals surface area contributed by atoms with Crippen molar-refractivity contribution >= 4 is 11.8 Å². The zero-order valence-corrected chi connectivity index (χ0v) is 21.2. The van der Waals surface area contributed by atoms with Crippen molar-refractivity contribution in [1.82, 2.24) is 9.80 Å². The van der Waals surface area contributed by atoms with Gasteiger partial charge in [0.2, 0.25) is 0 Å². The van der Waals surface area contributed by atoms with E-state index in [0.717, 1.165) is 19.3 Å². The Morgan fingerprint density at radius 2 is 1.69 bits per heavy atom. The molecule has 0 spiro atoms. The first-order valence-electron chi connectivity index (χ1n) is 12.4. The van der Waals surface area contributed by atoms with Gasteiger partial charge in [-0.2, -0.15) is 0 Å². The summed E-state index contributed by atoms with van der Waals surface area (Å²) in [6, 6.07) is 19.3. The molecule has 2 aromatic carbocycles. The molecule has 0 saturated carbocycles. The van der Waals surface area contributed by atoms with E-state index in [0.29, 0.717) is 35.9 Å². The van der Waals surface area contributed by atoms with Gasteiger partial charge in [-0.3, -0.25) is 9.59 Å². The number of aryl methyl sites for hydroxylation is 1. The molecule has 3 aromatic rings. The zero-order chi connectivity index (χ0) is 25.5. The average Bonchev–Trinajstić information content (AvgIpc) is 3.36. The second-order valence-corrected chi connectivity index (χ2v) is 9.22. The van der Waals surface area contributed by atoms with Crippen LogP contribution in [-0.2, 0) is 11.2 Å². The second-order valence-electron chi connectivity index (χ2n) is 9.22. The number of furan rings is 1. The van der Waals surface area contributed by atoms with Crippen molar-refractivity contribution in [2.24, 2.45) is 5.92 Å². The predicted octanol–water partition coefficient (Wildman–Crippen LogP) is 4.60.